The molecule has 7 nitrogen and oxygen atoms in total. The lowest BCUT2D eigenvalue weighted by molar-refractivity contribution is -0.173. The number of carboxylic acids is 1. The summed E-state index contributed by atoms with van der Waals surface area (Å²) >= 11 is 0. The van der Waals surface area contributed by atoms with Gasteiger partial charge in [0.25, 0.3) is 0 Å². The average Bonchev–Trinajstić information content (AvgIpc) is 2.48. The molecule has 0 heterocycles. The van der Waals surface area contributed by atoms with Gasteiger partial charge in [-0.3, -0.25) is 4.79 Å². The number of benzene rings is 1. The van der Waals surface area contributed by atoms with E-state index in [-0.39, 0.29) is 25.2 Å². The predicted molar refractivity (Wildman–Crippen MR) is 72.7 cm³/mol. The summed E-state index contributed by atoms with van der Waals surface area (Å²) in [5, 5.41) is 15.1. The van der Waals surface area contributed by atoms with Gasteiger partial charge in [0.1, 0.15) is 0 Å². The van der Waals surface area contributed by atoms with E-state index < -0.39 is 24.1 Å². The number of hydrogen-bond donors (Lipinski definition) is 4. The second-order valence-corrected chi connectivity index (χ2v) is 4.37. The number of aromatic carboxylic acids is 1. The summed E-state index contributed by atoms with van der Waals surface area (Å²) in [4.78, 5) is 32.7. The van der Waals surface area contributed by atoms with Crippen molar-refractivity contribution in [3.8, 4) is 0 Å². The van der Waals surface area contributed by atoms with Crippen LogP contribution in [0.4, 0.5) is 18.0 Å². The fourth-order valence-electron chi connectivity index (χ4n) is 1.51. The molecule has 126 valence electrons. The molecule has 4 N–H and O–H groups in total. The van der Waals surface area contributed by atoms with Crippen LogP contribution in [0.2, 0.25) is 0 Å². The van der Waals surface area contributed by atoms with Crippen molar-refractivity contribution >= 4 is 17.9 Å². The second-order valence-electron chi connectivity index (χ2n) is 4.37. The van der Waals surface area contributed by atoms with Crippen LogP contribution in [0, 0.1) is 0 Å². The Morgan fingerprint density at radius 1 is 1.04 bits per heavy atom. The number of halogens is 3. The lowest BCUT2D eigenvalue weighted by Crippen LogP contribution is -2.43. The molecule has 10 heteroatoms. The summed E-state index contributed by atoms with van der Waals surface area (Å²) in [5.41, 5.74) is 0.616. The maximum absolute atomic E-state index is 11.9. The van der Waals surface area contributed by atoms with Gasteiger partial charge in [-0.1, -0.05) is 12.1 Å². The Morgan fingerprint density at radius 3 is 2.30 bits per heavy atom. The third-order valence-corrected chi connectivity index (χ3v) is 2.58. The van der Waals surface area contributed by atoms with Gasteiger partial charge in [-0.05, 0) is 17.7 Å². The van der Waals surface area contributed by atoms with Crippen LogP contribution in [0.1, 0.15) is 15.9 Å². The van der Waals surface area contributed by atoms with Crippen molar-refractivity contribution in [1.29, 1.82) is 0 Å². The zero-order chi connectivity index (χ0) is 17.5. The molecule has 0 radical (unpaired) electrons. The molecule has 23 heavy (non-hydrogen) atoms. The van der Waals surface area contributed by atoms with E-state index in [0.717, 1.165) is 0 Å². The van der Waals surface area contributed by atoms with Crippen molar-refractivity contribution < 1.29 is 32.7 Å². The van der Waals surface area contributed by atoms with Crippen molar-refractivity contribution in [3.05, 3.63) is 35.4 Å². The van der Waals surface area contributed by atoms with Crippen molar-refractivity contribution in [3.63, 3.8) is 0 Å². The van der Waals surface area contributed by atoms with Crippen molar-refractivity contribution in [1.82, 2.24) is 16.0 Å². The zero-order valence-electron chi connectivity index (χ0n) is 11.7. The molecule has 3 amide bonds. The topological polar surface area (TPSA) is 108 Å². The molecular weight excluding hydrogens is 319 g/mol. The highest BCUT2D eigenvalue weighted by Gasteiger charge is 2.38. The number of hydrogen-bond acceptors (Lipinski definition) is 3. The van der Waals surface area contributed by atoms with Gasteiger partial charge < -0.3 is 21.1 Å². The largest absolute Gasteiger partial charge is 0.478 e. The number of alkyl halides is 3. The Kier molecular flexibility index (Phi) is 6.36. The SMILES string of the molecule is O=C(NCCNC(=O)C(F)(F)F)NCc1cccc(C(=O)O)c1. The maximum Gasteiger partial charge on any atom is 0.471 e. The van der Waals surface area contributed by atoms with Gasteiger partial charge in [-0.15, -0.1) is 0 Å². The van der Waals surface area contributed by atoms with E-state index in [1.807, 2.05) is 0 Å². The lowest BCUT2D eigenvalue weighted by atomic mass is 10.1. The van der Waals surface area contributed by atoms with Gasteiger partial charge in [-0.25, -0.2) is 9.59 Å². The number of urea groups is 1. The highest BCUT2D eigenvalue weighted by molar-refractivity contribution is 5.87. The van der Waals surface area contributed by atoms with E-state index in [9.17, 15) is 27.6 Å². The molecule has 1 aromatic rings. The van der Waals surface area contributed by atoms with Crippen LogP contribution in [0.5, 0.6) is 0 Å². The van der Waals surface area contributed by atoms with Gasteiger partial charge in [0.15, 0.2) is 0 Å². The molecule has 0 aliphatic rings. The monoisotopic (exact) mass is 333 g/mol. The Labute approximate surface area is 128 Å². The van der Waals surface area contributed by atoms with E-state index in [1.54, 1.807) is 11.4 Å². The Balaban J connectivity index is 2.29. The first kappa shape index (κ1) is 18.3. The van der Waals surface area contributed by atoms with Gasteiger partial charge in [0.05, 0.1) is 5.56 Å². The molecule has 0 atom stereocenters. The molecule has 0 spiro atoms. The van der Waals surface area contributed by atoms with Crippen LogP contribution < -0.4 is 16.0 Å². The molecule has 0 saturated heterocycles. The lowest BCUT2D eigenvalue weighted by Gasteiger charge is -2.10. The summed E-state index contributed by atoms with van der Waals surface area (Å²) in [6.45, 7) is -0.523. The molecule has 0 fully saturated rings. The number of rotatable bonds is 6. The van der Waals surface area contributed by atoms with Crippen molar-refractivity contribution in [2.24, 2.45) is 0 Å². The Hall–Kier alpha value is -2.78. The molecule has 0 aromatic heterocycles. The fraction of sp³-hybridized carbons (Fsp3) is 0.308. The number of carboxylic acid groups (broad SMARTS) is 1. The minimum Gasteiger partial charge on any atom is -0.478 e. The third-order valence-electron chi connectivity index (χ3n) is 2.58. The van der Waals surface area contributed by atoms with Gasteiger partial charge in [-0.2, -0.15) is 13.2 Å². The smallest absolute Gasteiger partial charge is 0.471 e. The average molecular weight is 333 g/mol. The zero-order valence-corrected chi connectivity index (χ0v) is 11.7. The quantitative estimate of drug-likeness (QED) is 0.579. The van der Waals surface area contributed by atoms with Crippen LogP contribution in [0.3, 0.4) is 0 Å². The molecular formula is C13H14F3N3O4. The maximum atomic E-state index is 11.9. The Morgan fingerprint density at radius 2 is 1.70 bits per heavy atom. The first-order valence-electron chi connectivity index (χ1n) is 6.39. The van der Waals surface area contributed by atoms with Crippen molar-refractivity contribution in [2.75, 3.05) is 13.1 Å². The van der Waals surface area contributed by atoms with Crippen molar-refractivity contribution in [2.45, 2.75) is 12.7 Å². The summed E-state index contributed by atoms with van der Waals surface area (Å²) in [6, 6.07) is 5.25. The number of carbonyl (C=O) groups excluding carboxylic acids is 2. The molecule has 0 bridgehead atoms. The summed E-state index contributed by atoms with van der Waals surface area (Å²) in [7, 11) is 0. The molecule has 0 aliphatic carbocycles. The minimum atomic E-state index is -4.96. The predicted octanol–water partition coefficient (Wildman–Crippen LogP) is 0.862. The van der Waals surface area contributed by atoms with E-state index in [0.29, 0.717) is 5.56 Å². The van der Waals surface area contributed by atoms with Gasteiger partial charge in [0, 0.05) is 19.6 Å². The highest BCUT2D eigenvalue weighted by Crippen LogP contribution is 2.13. The first-order chi connectivity index (χ1) is 10.7. The standard InChI is InChI=1S/C13H14F3N3O4/c14-13(15,16)11(22)17-4-5-18-12(23)19-7-8-2-1-3-9(6-8)10(20)21/h1-3,6H,4-5,7H2,(H,17,22)(H,20,21)(H2,18,19,23). The highest BCUT2D eigenvalue weighted by atomic mass is 19.4. The fourth-order valence-corrected chi connectivity index (χ4v) is 1.51. The van der Waals surface area contributed by atoms with E-state index in [1.165, 1.54) is 18.2 Å². The first-order valence-corrected chi connectivity index (χ1v) is 6.39. The van der Waals surface area contributed by atoms with Gasteiger partial charge >= 0.3 is 24.1 Å². The third kappa shape index (κ3) is 6.68. The van der Waals surface area contributed by atoms with Crippen LogP contribution in [0.15, 0.2) is 24.3 Å². The molecule has 0 unspecified atom stereocenters. The number of amides is 3. The minimum absolute atomic E-state index is 0.0435. The van der Waals surface area contributed by atoms with Crippen LogP contribution >= 0.6 is 0 Å². The second kappa shape index (κ2) is 8.01. The summed E-state index contributed by atoms with van der Waals surface area (Å²) in [6.07, 6.45) is -4.96. The van der Waals surface area contributed by atoms with Gasteiger partial charge in [0.2, 0.25) is 0 Å². The summed E-state index contributed by atoms with van der Waals surface area (Å²) < 4.78 is 35.6. The van der Waals surface area contributed by atoms with Crippen LogP contribution in [0.25, 0.3) is 0 Å². The van der Waals surface area contributed by atoms with E-state index >= 15 is 0 Å². The molecule has 1 rings (SSSR count). The number of carbonyl (C=O) groups is 3. The number of nitrogens with one attached hydrogen (secondary N) is 3. The molecule has 0 aliphatic heterocycles. The van der Waals surface area contributed by atoms with E-state index in [4.69, 9.17) is 5.11 Å². The van der Waals surface area contributed by atoms with E-state index in [2.05, 4.69) is 10.6 Å². The normalized spacial score (nSPS) is 10.7. The molecule has 1 aromatic carbocycles. The van der Waals surface area contributed by atoms with Crippen LogP contribution in [-0.2, 0) is 11.3 Å². The summed E-state index contributed by atoms with van der Waals surface area (Å²) in [5.74, 6) is -3.18. The Bertz CT molecular complexity index is 590. The van der Waals surface area contributed by atoms with Crippen LogP contribution in [-0.4, -0.2) is 42.3 Å². The molecule has 0 saturated carbocycles.